The first kappa shape index (κ1) is 23.1. The number of benzene rings is 1. The van der Waals surface area contributed by atoms with Crippen LogP contribution in [0, 0.1) is 29.1 Å². The van der Waals surface area contributed by atoms with Gasteiger partial charge in [0.05, 0.1) is 0 Å². The van der Waals surface area contributed by atoms with E-state index in [0.717, 1.165) is 54.5 Å². The van der Waals surface area contributed by atoms with Gasteiger partial charge in [0.1, 0.15) is 0 Å². The fourth-order valence-electron chi connectivity index (χ4n) is 3.69. The van der Waals surface area contributed by atoms with Crippen LogP contribution in [0.4, 0.5) is 0 Å². The second kappa shape index (κ2) is 11.7. The van der Waals surface area contributed by atoms with Gasteiger partial charge in [-0.2, -0.15) is 0 Å². The molecule has 0 spiro atoms. The van der Waals surface area contributed by atoms with Crippen molar-refractivity contribution in [2.45, 2.75) is 73.1 Å². The van der Waals surface area contributed by atoms with E-state index in [-0.39, 0.29) is 5.41 Å². The van der Waals surface area contributed by atoms with Crippen LogP contribution < -0.4 is 0 Å². The highest BCUT2D eigenvalue weighted by Gasteiger charge is 2.32. The molecule has 1 aromatic carbocycles. The van der Waals surface area contributed by atoms with E-state index in [2.05, 4.69) is 58.1 Å². The lowest BCUT2D eigenvalue weighted by atomic mass is 9.68. The van der Waals surface area contributed by atoms with Crippen molar-refractivity contribution in [3.63, 3.8) is 0 Å². The molecule has 0 saturated heterocycles. The third-order valence-electron chi connectivity index (χ3n) is 5.61. The molecule has 0 radical (unpaired) electrons. The summed E-state index contributed by atoms with van der Waals surface area (Å²) in [6.07, 6.45) is 16.1. The molecule has 0 bridgehead atoms. The van der Waals surface area contributed by atoms with Gasteiger partial charge in [0.25, 0.3) is 0 Å². The van der Waals surface area contributed by atoms with E-state index in [9.17, 15) is 0 Å². The zero-order valence-electron chi connectivity index (χ0n) is 17.9. The molecule has 2 heteroatoms. The molecule has 0 saturated carbocycles. The largest absolute Gasteiger partial charge is 0.309 e. The first-order valence-electron chi connectivity index (χ1n) is 10.3. The van der Waals surface area contributed by atoms with Gasteiger partial charge in [-0.25, -0.2) is 0 Å². The van der Waals surface area contributed by atoms with Crippen LogP contribution in [0.5, 0.6) is 0 Å². The van der Waals surface area contributed by atoms with Crippen molar-refractivity contribution in [2.24, 2.45) is 11.3 Å². The Kier molecular flexibility index (Phi) is 9.99. The molecule has 1 unspecified atom stereocenters. The van der Waals surface area contributed by atoms with Crippen molar-refractivity contribution in [3.05, 3.63) is 59.2 Å². The van der Waals surface area contributed by atoms with E-state index in [1.807, 2.05) is 19.1 Å². The summed E-state index contributed by atoms with van der Waals surface area (Å²) in [5.74, 6) is 0.501. The van der Waals surface area contributed by atoms with Gasteiger partial charge in [-0.15, -0.1) is 0 Å². The number of hydrogen-bond acceptors (Lipinski definition) is 2. The van der Waals surface area contributed by atoms with Crippen LogP contribution in [0.25, 0.3) is 0 Å². The number of hydrogen-bond donors (Lipinski definition) is 2. The molecule has 1 rings (SSSR count). The molecule has 148 valence electrons. The van der Waals surface area contributed by atoms with Crippen molar-refractivity contribution in [1.82, 2.24) is 0 Å². The van der Waals surface area contributed by atoms with E-state index >= 15 is 0 Å². The molecule has 0 aliphatic heterocycles. The van der Waals surface area contributed by atoms with Gasteiger partial charge in [0, 0.05) is 18.3 Å². The molecule has 0 aromatic heterocycles. The topological polar surface area (TPSA) is 47.7 Å². The molecule has 0 fully saturated rings. The maximum Gasteiger partial charge on any atom is 0.0255 e. The summed E-state index contributed by atoms with van der Waals surface area (Å²) < 4.78 is 0. The van der Waals surface area contributed by atoms with Crippen LogP contribution >= 0.6 is 0 Å². The van der Waals surface area contributed by atoms with Crippen LogP contribution in [0.2, 0.25) is 0 Å². The Morgan fingerprint density at radius 3 is 2.11 bits per heavy atom. The SMILES string of the molecule is CC/C=C\CC(C/C=C/CC)(CC(=N)Cc1cccc(C)c1C=N)C(C)C. The van der Waals surface area contributed by atoms with Crippen LogP contribution in [0.15, 0.2) is 42.5 Å². The Morgan fingerprint density at radius 2 is 1.63 bits per heavy atom. The lowest BCUT2D eigenvalue weighted by Crippen LogP contribution is -2.30. The highest BCUT2D eigenvalue weighted by atomic mass is 14.5. The van der Waals surface area contributed by atoms with Gasteiger partial charge < -0.3 is 10.8 Å². The van der Waals surface area contributed by atoms with Gasteiger partial charge in [-0.05, 0) is 67.1 Å². The third kappa shape index (κ3) is 6.93. The highest BCUT2D eigenvalue weighted by molar-refractivity contribution is 5.89. The normalized spacial score (nSPS) is 14.1. The summed E-state index contributed by atoms with van der Waals surface area (Å²) in [5, 5.41) is 16.5. The molecule has 1 atom stereocenters. The summed E-state index contributed by atoms with van der Waals surface area (Å²) in [6, 6.07) is 6.14. The minimum Gasteiger partial charge on any atom is -0.309 e. The van der Waals surface area contributed by atoms with Crippen molar-refractivity contribution in [2.75, 3.05) is 0 Å². The molecule has 2 N–H and O–H groups in total. The van der Waals surface area contributed by atoms with Gasteiger partial charge >= 0.3 is 0 Å². The number of allylic oxidation sites excluding steroid dienone is 4. The fourth-order valence-corrected chi connectivity index (χ4v) is 3.69. The summed E-state index contributed by atoms with van der Waals surface area (Å²) in [6.45, 7) is 11.0. The maximum atomic E-state index is 8.75. The predicted molar refractivity (Wildman–Crippen MR) is 120 cm³/mol. The van der Waals surface area contributed by atoms with Crippen molar-refractivity contribution in [1.29, 1.82) is 10.8 Å². The average Bonchev–Trinajstić information content (AvgIpc) is 2.62. The van der Waals surface area contributed by atoms with E-state index < -0.39 is 0 Å². The molecule has 1 aromatic rings. The number of rotatable bonds is 12. The highest BCUT2D eigenvalue weighted by Crippen LogP contribution is 2.41. The Labute approximate surface area is 166 Å². The predicted octanol–water partition coefficient (Wildman–Crippen LogP) is 7.30. The van der Waals surface area contributed by atoms with Gasteiger partial charge in [0.2, 0.25) is 0 Å². The van der Waals surface area contributed by atoms with Crippen LogP contribution in [-0.2, 0) is 6.42 Å². The van der Waals surface area contributed by atoms with E-state index in [1.54, 1.807) is 0 Å². The summed E-state index contributed by atoms with van der Waals surface area (Å²) >= 11 is 0. The number of aryl methyl sites for hydroxylation is 1. The number of nitrogens with one attached hydrogen (secondary N) is 2. The minimum absolute atomic E-state index is 0.0864. The average molecular weight is 367 g/mol. The Hall–Kier alpha value is -1.96. The molecular weight excluding hydrogens is 328 g/mol. The maximum absolute atomic E-state index is 8.75. The Morgan fingerprint density at radius 1 is 1.04 bits per heavy atom. The molecule has 0 aliphatic carbocycles. The van der Waals surface area contributed by atoms with Gasteiger partial charge in [-0.1, -0.05) is 70.2 Å². The van der Waals surface area contributed by atoms with Gasteiger partial charge in [0.15, 0.2) is 0 Å². The molecule has 0 aliphatic rings. The summed E-state index contributed by atoms with van der Waals surface area (Å²) in [7, 11) is 0. The third-order valence-corrected chi connectivity index (χ3v) is 5.61. The smallest absolute Gasteiger partial charge is 0.0255 e. The van der Waals surface area contributed by atoms with Crippen molar-refractivity contribution in [3.8, 4) is 0 Å². The zero-order valence-corrected chi connectivity index (χ0v) is 17.9. The van der Waals surface area contributed by atoms with Crippen LogP contribution in [0.1, 0.15) is 76.5 Å². The van der Waals surface area contributed by atoms with Crippen molar-refractivity contribution < 1.29 is 0 Å². The van der Waals surface area contributed by atoms with Gasteiger partial charge in [-0.3, -0.25) is 0 Å². The second-order valence-electron chi connectivity index (χ2n) is 7.93. The van der Waals surface area contributed by atoms with Crippen molar-refractivity contribution >= 4 is 11.9 Å². The van der Waals surface area contributed by atoms with E-state index in [0.29, 0.717) is 12.3 Å². The molecule has 2 nitrogen and oxygen atoms in total. The first-order chi connectivity index (χ1) is 12.9. The summed E-state index contributed by atoms with van der Waals surface area (Å²) in [5.41, 5.74) is 4.03. The van der Waals surface area contributed by atoms with Crippen LogP contribution in [0.3, 0.4) is 0 Å². The Bertz CT molecular complexity index is 649. The Balaban J connectivity index is 3.06. The van der Waals surface area contributed by atoms with E-state index in [1.165, 1.54) is 6.21 Å². The summed E-state index contributed by atoms with van der Waals surface area (Å²) in [4.78, 5) is 0. The molecule has 27 heavy (non-hydrogen) atoms. The minimum atomic E-state index is 0.0864. The fraction of sp³-hybridized carbons (Fsp3) is 0.520. The lowest BCUT2D eigenvalue weighted by Gasteiger charge is -2.37. The van der Waals surface area contributed by atoms with E-state index in [4.69, 9.17) is 10.8 Å². The molecular formula is C25H38N2. The zero-order chi connectivity index (χ0) is 20.3. The first-order valence-corrected chi connectivity index (χ1v) is 10.3. The lowest BCUT2D eigenvalue weighted by molar-refractivity contribution is 0.203. The van der Waals surface area contributed by atoms with Crippen LogP contribution in [-0.4, -0.2) is 11.9 Å². The molecule has 0 amide bonds. The quantitative estimate of drug-likeness (QED) is 0.288. The molecule has 0 heterocycles. The monoisotopic (exact) mass is 366 g/mol. The standard InChI is InChI=1S/C25H38N2/c1-6-8-10-15-25(20(3)4,16-11-9-7-2)18-23(27)17-22-14-12-13-21(5)24(22)19-26/h8-14,19-20,26-27H,6-7,15-18H2,1-5H3/b10-8-,11-9+,26-19?,27-23?. The second-order valence-corrected chi connectivity index (χ2v) is 7.93.